The number of imide groups is 1. The van der Waals surface area contributed by atoms with Gasteiger partial charge in [-0.2, -0.15) is 0 Å². The van der Waals surface area contributed by atoms with E-state index in [4.69, 9.17) is 5.73 Å². The van der Waals surface area contributed by atoms with E-state index < -0.39 is 6.04 Å². The van der Waals surface area contributed by atoms with Crippen LogP contribution < -0.4 is 16.0 Å². The SMILES string of the molecule is Nc1cccc(CN[C@@H]2CC(=O)N(c3ccc(I)cc3)C2=O)c1. The monoisotopic (exact) mass is 421 g/mol. The van der Waals surface area contributed by atoms with Crippen molar-refractivity contribution in [1.29, 1.82) is 0 Å². The van der Waals surface area contributed by atoms with Crippen molar-refractivity contribution in [2.45, 2.75) is 19.0 Å². The topological polar surface area (TPSA) is 75.4 Å². The fourth-order valence-corrected chi connectivity index (χ4v) is 2.96. The maximum Gasteiger partial charge on any atom is 0.251 e. The molecule has 5 nitrogen and oxygen atoms in total. The largest absolute Gasteiger partial charge is 0.399 e. The van der Waals surface area contributed by atoms with E-state index >= 15 is 0 Å². The summed E-state index contributed by atoms with van der Waals surface area (Å²) in [6.45, 7) is 0.495. The lowest BCUT2D eigenvalue weighted by atomic mass is 10.2. The quantitative estimate of drug-likeness (QED) is 0.452. The first kappa shape index (κ1) is 15.9. The van der Waals surface area contributed by atoms with Gasteiger partial charge in [0.05, 0.1) is 18.2 Å². The zero-order valence-electron chi connectivity index (χ0n) is 12.3. The van der Waals surface area contributed by atoms with Crippen molar-refractivity contribution in [2.75, 3.05) is 10.6 Å². The second-order valence-electron chi connectivity index (χ2n) is 5.43. The molecule has 23 heavy (non-hydrogen) atoms. The predicted molar refractivity (Wildman–Crippen MR) is 97.8 cm³/mol. The van der Waals surface area contributed by atoms with E-state index in [1.165, 1.54) is 4.90 Å². The molecule has 0 spiro atoms. The van der Waals surface area contributed by atoms with Crippen LogP contribution in [-0.4, -0.2) is 17.9 Å². The molecule has 2 aromatic rings. The van der Waals surface area contributed by atoms with Gasteiger partial charge in [0.25, 0.3) is 5.91 Å². The molecule has 0 radical (unpaired) electrons. The number of nitrogens with one attached hydrogen (secondary N) is 1. The molecule has 0 aliphatic carbocycles. The van der Waals surface area contributed by atoms with Gasteiger partial charge in [-0.3, -0.25) is 9.59 Å². The molecule has 1 aliphatic rings. The number of nitrogens with two attached hydrogens (primary N) is 1. The van der Waals surface area contributed by atoms with Gasteiger partial charge in [0.2, 0.25) is 5.91 Å². The summed E-state index contributed by atoms with van der Waals surface area (Å²) in [5, 5.41) is 3.15. The van der Waals surface area contributed by atoms with Crippen LogP contribution in [-0.2, 0) is 16.1 Å². The predicted octanol–water partition coefficient (Wildman–Crippen LogP) is 2.30. The van der Waals surface area contributed by atoms with E-state index in [9.17, 15) is 9.59 Å². The highest BCUT2D eigenvalue weighted by atomic mass is 127. The zero-order chi connectivity index (χ0) is 16.4. The average molecular weight is 421 g/mol. The van der Waals surface area contributed by atoms with Crippen LogP contribution in [0.4, 0.5) is 11.4 Å². The Kier molecular flexibility index (Phi) is 4.63. The summed E-state index contributed by atoms with van der Waals surface area (Å²) in [7, 11) is 0. The van der Waals surface area contributed by atoms with E-state index in [1.807, 2.05) is 36.4 Å². The standard InChI is InChI=1S/C17H16IN3O2/c18-12-4-6-14(7-5-12)21-16(22)9-15(17(21)23)20-10-11-2-1-3-13(19)8-11/h1-8,15,20H,9-10,19H2/t15-/m1/s1. The summed E-state index contributed by atoms with van der Waals surface area (Å²) >= 11 is 2.19. The third kappa shape index (κ3) is 3.53. The van der Waals surface area contributed by atoms with E-state index in [1.54, 1.807) is 12.1 Å². The van der Waals surface area contributed by atoms with Gasteiger partial charge in [-0.1, -0.05) is 12.1 Å². The highest BCUT2D eigenvalue weighted by Crippen LogP contribution is 2.24. The van der Waals surface area contributed by atoms with Crippen molar-refractivity contribution in [2.24, 2.45) is 0 Å². The van der Waals surface area contributed by atoms with Crippen molar-refractivity contribution < 1.29 is 9.59 Å². The maximum absolute atomic E-state index is 12.5. The first-order valence-corrected chi connectivity index (χ1v) is 8.32. The van der Waals surface area contributed by atoms with Crippen LogP contribution in [0, 0.1) is 3.57 Å². The molecule has 2 aromatic carbocycles. The summed E-state index contributed by atoms with van der Waals surface area (Å²) in [5.41, 5.74) is 8.03. The number of hydrogen-bond acceptors (Lipinski definition) is 4. The van der Waals surface area contributed by atoms with Crippen molar-refractivity contribution in [1.82, 2.24) is 5.32 Å². The first-order valence-electron chi connectivity index (χ1n) is 7.25. The molecule has 6 heteroatoms. The van der Waals surface area contributed by atoms with Crippen molar-refractivity contribution in [3.63, 3.8) is 0 Å². The normalized spacial score (nSPS) is 17.8. The first-order chi connectivity index (χ1) is 11.0. The number of anilines is 2. The fraction of sp³-hybridized carbons (Fsp3) is 0.176. The second-order valence-corrected chi connectivity index (χ2v) is 6.67. The van der Waals surface area contributed by atoms with Gasteiger partial charge >= 0.3 is 0 Å². The van der Waals surface area contributed by atoms with Gasteiger partial charge in [0.1, 0.15) is 0 Å². The zero-order valence-corrected chi connectivity index (χ0v) is 14.5. The van der Waals surface area contributed by atoms with Crippen LogP contribution in [0.3, 0.4) is 0 Å². The molecule has 1 saturated heterocycles. The summed E-state index contributed by atoms with van der Waals surface area (Å²) in [6.07, 6.45) is 0.174. The van der Waals surface area contributed by atoms with Crippen LogP contribution in [0.25, 0.3) is 0 Å². The molecule has 0 bridgehead atoms. The maximum atomic E-state index is 12.5. The Balaban J connectivity index is 1.70. The minimum Gasteiger partial charge on any atom is -0.399 e. The minimum absolute atomic E-state index is 0.174. The third-order valence-electron chi connectivity index (χ3n) is 3.74. The number of nitrogens with zero attached hydrogens (tertiary/aromatic N) is 1. The van der Waals surface area contributed by atoms with E-state index in [-0.39, 0.29) is 18.2 Å². The van der Waals surface area contributed by atoms with Crippen molar-refractivity contribution in [3.05, 3.63) is 57.7 Å². The summed E-state index contributed by atoms with van der Waals surface area (Å²) in [4.78, 5) is 26.0. The lowest BCUT2D eigenvalue weighted by Crippen LogP contribution is -2.38. The molecule has 0 aromatic heterocycles. The van der Waals surface area contributed by atoms with Gasteiger partial charge in [0.15, 0.2) is 0 Å². The van der Waals surface area contributed by atoms with Crippen LogP contribution in [0.15, 0.2) is 48.5 Å². The van der Waals surface area contributed by atoms with E-state index in [2.05, 4.69) is 27.9 Å². The summed E-state index contributed by atoms with van der Waals surface area (Å²) in [5.74, 6) is -0.388. The van der Waals surface area contributed by atoms with Gasteiger partial charge in [-0.15, -0.1) is 0 Å². The summed E-state index contributed by atoms with van der Waals surface area (Å²) in [6, 6.07) is 14.3. The Bertz CT molecular complexity index is 746. The van der Waals surface area contributed by atoms with Crippen molar-refractivity contribution in [3.8, 4) is 0 Å². The molecular weight excluding hydrogens is 405 g/mol. The molecule has 0 saturated carbocycles. The van der Waals surface area contributed by atoms with E-state index in [0.29, 0.717) is 17.9 Å². The molecule has 118 valence electrons. The molecule has 1 atom stereocenters. The third-order valence-corrected chi connectivity index (χ3v) is 4.45. The Morgan fingerprint density at radius 2 is 1.91 bits per heavy atom. The molecule has 3 rings (SSSR count). The van der Waals surface area contributed by atoms with Gasteiger partial charge < -0.3 is 11.1 Å². The number of benzene rings is 2. The fourth-order valence-electron chi connectivity index (χ4n) is 2.60. The molecule has 1 heterocycles. The smallest absolute Gasteiger partial charge is 0.251 e. The number of carbonyl (C=O) groups excluding carboxylic acids is 2. The van der Waals surface area contributed by atoms with Gasteiger partial charge in [-0.05, 0) is 64.6 Å². The van der Waals surface area contributed by atoms with Gasteiger partial charge in [-0.25, -0.2) is 4.90 Å². The number of rotatable bonds is 4. The molecular formula is C17H16IN3O2. The van der Waals surface area contributed by atoms with Crippen LogP contribution >= 0.6 is 22.6 Å². The van der Waals surface area contributed by atoms with Crippen LogP contribution in [0.1, 0.15) is 12.0 Å². The number of carbonyl (C=O) groups is 2. The Morgan fingerprint density at radius 1 is 1.17 bits per heavy atom. The Hall–Kier alpha value is -1.93. The Morgan fingerprint density at radius 3 is 2.61 bits per heavy atom. The highest BCUT2D eigenvalue weighted by molar-refractivity contribution is 14.1. The minimum atomic E-state index is -0.497. The second kappa shape index (κ2) is 6.67. The average Bonchev–Trinajstić information content (AvgIpc) is 2.81. The van der Waals surface area contributed by atoms with Crippen molar-refractivity contribution >= 4 is 45.8 Å². The summed E-state index contributed by atoms with van der Waals surface area (Å²) < 4.78 is 1.06. The Labute approximate surface area is 148 Å². The number of hydrogen-bond donors (Lipinski definition) is 2. The highest BCUT2D eigenvalue weighted by Gasteiger charge is 2.39. The van der Waals surface area contributed by atoms with Gasteiger partial charge in [0, 0.05) is 15.8 Å². The van der Waals surface area contributed by atoms with Crippen LogP contribution in [0.2, 0.25) is 0 Å². The molecule has 1 fully saturated rings. The molecule has 2 amide bonds. The molecule has 0 unspecified atom stereocenters. The number of halogens is 1. The van der Waals surface area contributed by atoms with E-state index in [0.717, 1.165) is 9.13 Å². The lowest BCUT2D eigenvalue weighted by Gasteiger charge is -2.15. The van der Waals surface area contributed by atoms with Crippen LogP contribution in [0.5, 0.6) is 0 Å². The number of amides is 2. The lowest BCUT2D eigenvalue weighted by molar-refractivity contribution is -0.121. The molecule has 1 aliphatic heterocycles. The molecule has 3 N–H and O–H groups in total. The number of nitrogen functional groups attached to an aromatic ring is 1.